The maximum atomic E-state index is 12.5. The van der Waals surface area contributed by atoms with Gasteiger partial charge in [0.05, 0.1) is 16.8 Å². The molecule has 2 aliphatic rings. The van der Waals surface area contributed by atoms with E-state index < -0.39 is 25.1 Å². The van der Waals surface area contributed by atoms with Crippen molar-refractivity contribution in [3.63, 3.8) is 0 Å². The van der Waals surface area contributed by atoms with Gasteiger partial charge in [-0.2, -0.15) is 0 Å². The molecule has 6 nitrogen and oxygen atoms in total. The second-order valence-corrected chi connectivity index (χ2v) is 9.99. The van der Waals surface area contributed by atoms with Gasteiger partial charge in [-0.05, 0) is 18.8 Å². The Bertz CT molecular complexity index is 529. The van der Waals surface area contributed by atoms with Gasteiger partial charge in [0.15, 0.2) is 9.84 Å². The van der Waals surface area contributed by atoms with E-state index in [9.17, 15) is 16.8 Å². The van der Waals surface area contributed by atoms with Crippen LogP contribution in [0.2, 0.25) is 0 Å². The topological polar surface area (TPSA) is 97.5 Å². The Hall–Kier alpha value is -0.180. The van der Waals surface area contributed by atoms with Gasteiger partial charge in [-0.25, -0.2) is 21.1 Å². The molecule has 2 saturated heterocycles. The number of piperidine rings is 1. The first-order valence-corrected chi connectivity index (χ1v) is 10.0. The monoisotopic (exact) mass is 310 g/mol. The molecule has 0 aromatic rings. The van der Waals surface area contributed by atoms with Gasteiger partial charge in [-0.1, -0.05) is 13.3 Å². The Morgan fingerprint density at radius 3 is 2.53 bits per heavy atom. The molecule has 3 unspecified atom stereocenters. The Morgan fingerprint density at radius 1 is 1.32 bits per heavy atom. The third kappa shape index (κ3) is 3.12. The van der Waals surface area contributed by atoms with E-state index in [1.165, 1.54) is 4.31 Å². The van der Waals surface area contributed by atoms with Crippen LogP contribution >= 0.6 is 0 Å². The molecule has 0 amide bonds. The van der Waals surface area contributed by atoms with E-state index >= 15 is 0 Å². The highest BCUT2D eigenvalue weighted by molar-refractivity contribution is 7.95. The van der Waals surface area contributed by atoms with Gasteiger partial charge in [-0.3, -0.25) is 0 Å². The Kier molecular flexibility index (Phi) is 4.25. The van der Waals surface area contributed by atoms with Gasteiger partial charge in [0.25, 0.3) is 0 Å². The second kappa shape index (κ2) is 5.31. The van der Waals surface area contributed by atoms with Crippen LogP contribution in [0.5, 0.6) is 0 Å². The van der Waals surface area contributed by atoms with Crippen LogP contribution in [-0.2, 0) is 19.9 Å². The molecule has 2 heterocycles. The lowest BCUT2D eigenvalue weighted by Gasteiger charge is -2.36. The van der Waals surface area contributed by atoms with Crippen LogP contribution in [0.15, 0.2) is 0 Å². The SMILES string of the molecule is CCC1CN(S(=O)(=O)C2CCS(=O)(=O)C2)CCC1N. The molecule has 3 atom stereocenters. The van der Waals surface area contributed by atoms with E-state index in [0.717, 1.165) is 6.42 Å². The van der Waals surface area contributed by atoms with Crippen LogP contribution in [0.3, 0.4) is 0 Å². The van der Waals surface area contributed by atoms with Crippen molar-refractivity contribution in [2.75, 3.05) is 24.6 Å². The summed E-state index contributed by atoms with van der Waals surface area (Å²) in [5, 5.41) is -0.760. The quantitative estimate of drug-likeness (QED) is 0.762. The number of sulfonamides is 1. The van der Waals surface area contributed by atoms with E-state index in [1.54, 1.807) is 0 Å². The molecule has 8 heteroatoms. The molecule has 0 radical (unpaired) electrons. The third-order valence-corrected chi connectivity index (χ3v) is 8.53. The van der Waals surface area contributed by atoms with E-state index in [1.807, 2.05) is 6.92 Å². The van der Waals surface area contributed by atoms with E-state index in [2.05, 4.69) is 0 Å². The number of hydrogen-bond donors (Lipinski definition) is 1. The van der Waals surface area contributed by atoms with Crippen molar-refractivity contribution in [2.45, 2.75) is 37.5 Å². The van der Waals surface area contributed by atoms with Gasteiger partial charge in [0, 0.05) is 19.1 Å². The fraction of sp³-hybridized carbons (Fsp3) is 1.00. The fourth-order valence-electron chi connectivity index (χ4n) is 2.89. The molecule has 0 aromatic carbocycles. The predicted molar refractivity (Wildman–Crippen MR) is 73.9 cm³/mol. The molecule has 0 aromatic heterocycles. The van der Waals surface area contributed by atoms with Crippen LogP contribution in [0, 0.1) is 5.92 Å². The number of nitrogens with two attached hydrogens (primary N) is 1. The van der Waals surface area contributed by atoms with Gasteiger partial charge >= 0.3 is 0 Å². The Labute approximate surface area is 115 Å². The summed E-state index contributed by atoms with van der Waals surface area (Å²) in [6, 6.07) is 0.0451. The molecular weight excluding hydrogens is 288 g/mol. The minimum Gasteiger partial charge on any atom is -0.327 e. The van der Waals surface area contributed by atoms with Gasteiger partial charge in [0.1, 0.15) is 0 Å². The van der Waals surface area contributed by atoms with Crippen LogP contribution in [0.4, 0.5) is 0 Å². The highest BCUT2D eigenvalue weighted by Crippen LogP contribution is 2.27. The van der Waals surface area contributed by atoms with Crippen molar-refractivity contribution in [3.05, 3.63) is 0 Å². The molecule has 112 valence electrons. The zero-order valence-electron chi connectivity index (χ0n) is 11.2. The summed E-state index contributed by atoms with van der Waals surface area (Å²) >= 11 is 0. The molecule has 2 fully saturated rings. The normalized spacial score (nSPS) is 36.4. The average molecular weight is 310 g/mol. The molecular formula is C11H22N2O4S2. The average Bonchev–Trinajstić information content (AvgIpc) is 2.70. The predicted octanol–water partition coefficient (Wildman–Crippen LogP) is -0.437. The van der Waals surface area contributed by atoms with Gasteiger partial charge in [-0.15, -0.1) is 0 Å². The Balaban J connectivity index is 2.13. The van der Waals surface area contributed by atoms with E-state index in [-0.39, 0.29) is 29.9 Å². The second-order valence-electron chi connectivity index (χ2n) is 5.55. The first-order chi connectivity index (χ1) is 8.76. The van der Waals surface area contributed by atoms with E-state index in [0.29, 0.717) is 19.5 Å². The van der Waals surface area contributed by atoms with Gasteiger partial charge < -0.3 is 5.73 Å². The summed E-state index contributed by atoms with van der Waals surface area (Å²) < 4.78 is 49.3. The molecule has 0 spiro atoms. The summed E-state index contributed by atoms with van der Waals surface area (Å²) in [6.45, 7) is 2.84. The number of rotatable bonds is 3. The first-order valence-electron chi connectivity index (χ1n) is 6.71. The van der Waals surface area contributed by atoms with Crippen LogP contribution < -0.4 is 5.73 Å². The van der Waals surface area contributed by atoms with E-state index in [4.69, 9.17) is 5.73 Å². The molecule has 2 N–H and O–H groups in total. The van der Waals surface area contributed by atoms with Crippen LogP contribution in [-0.4, -0.2) is 57.0 Å². The van der Waals surface area contributed by atoms with Crippen LogP contribution in [0.1, 0.15) is 26.2 Å². The van der Waals surface area contributed by atoms with Crippen molar-refractivity contribution in [1.82, 2.24) is 4.31 Å². The summed E-state index contributed by atoms with van der Waals surface area (Å²) in [6.07, 6.45) is 1.72. The summed E-state index contributed by atoms with van der Waals surface area (Å²) in [4.78, 5) is 0. The summed E-state index contributed by atoms with van der Waals surface area (Å²) in [7, 11) is -6.68. The van der Waals surface area contributed by atoms with Crippen molar-refractivity contribution in [1.29, 1.82) is 0 Å². The summed E-state index contributed by atoms with van der Waals surface area (Å²) in [5.74, 6) is -0.0719. The molecule has 2 aliphatic heterocycles. The third-order valence-electron chi connectivity index (χ3n) is 4.25. The maximum Gasteiger partial charge on any atom is 0.218 e. The van der Waals surface area contributed by atoms with Crippen molar-refractivity contribution in [2.24, 2.45) is 11.7 Å². The minimum absolute atomic E-state index is 0.0124. The van der Waals surface area contributed by atoms with Gasteiger partial charge in [0.2, 0.25) is 10.0 Å². The highest BCUT2D eigenvalue weighted by atomic mass is 32.2. The lowest BCUT2D eigenvalue weighted by atomic mass is 9.92. The van der Waals surface area contributed by atoms with Crippen molar-refractivity contribution >= 4 is 19.9 Å². The standard InChI is InChI=1S/C11H22N2O4S2/c1-2-9-7-13(5-3-11(9)12)19(16,17)10-4-6-18(14,15)8-10/h9-11H,2-8,12H2,1H3. The zero-order valence-corrected chi connectivity index (χ0v) is 12.8. The molecule has 2 rings (SSSR count). The minimum atomic E-state index is -3.50. The van der Waals surface area contributed by atoms with Crippen molar-refractivity contribution in [3.8, 4) is 0 Å². The number of sulfone groups is 1. The lowest BCUT2D eigenvalue weighted by molar-refractivity contribution is 0.229. The smallest absolute Gasteiger partial charge is 0.218 e. The maximum absolute atomic E-state index is 12.5. The highest BCUT2D eigenvalue weighted by Gasteiger charge is 2.42. The zero-order chi connectivity index (χ0) is 14.3. The van der Waals surface area contributed by atoms with Crippen molar-refractivity contribution < 1.29 is 16.8 Å². The molecule has 19 heavy (non-hydrogen) atoms. The molecule has 0 aliphatic carbocycles. The molecule has 0 saturated carbocycles. The fourth-order valence-corrected chi connectivity index (χ4v) is 7.49. The summed E-state index contributed by atoms with van der Waals surface area (Å²) in [5.41, 5.74) is 5.97. The number of nitrogens with zero attached hydrogens (tertiary/aromatic N) is 1. The lowest BCUT2D eigenvalue weighted by Crippen LogP contribution is -2.51. The molecule has 0 bridgehead atoms. The van der Waals surface area contributed by atoms with Crippen LogP contribution in [0.25, 0.3) is 0 Å². The first kappa shape index (κ1) is 15.2. The largest absolute Gasteiger partial charge is 0.327 e. The Morgan fingerprint density at radius 2 is 2.00 bits per heavy atom. The number of hydrogen-bond acceptors (Lipinski definition) is 5.